The molecule has 0 aliphatic heterocycles. The third-order valence-corrected chi connectivity index (χ3v) is 10.9. The van der Waals surface area contributed by atoms with E-state index in [0.29, 0.717) is 0 Å². The monoisotopic (exact) mass is 649 g/mol. The van der Waals surface area contributed by atoms with E-state index >= 15 is 0 Å². The molecule has 240 valence electrons. The molecule has 0 radical (unpaired) electrons. The number of fused-ring (bicyclic) bond motifs is 10. The molecule has 0 saturated heterocycles. The van der Waals surface area contributed by atoms with Crippen LogP contribution in [0.25, 0.3) is 39.0 Å². The van der Waals surface area contributed by atoms with Gasteiger partial charge in [-0.2, -0.15) is 0 Å². The lowest BCUT2D eigenvalue weighted by atomic mass is 9.70. The molecule has 0 atom stereocenters. The lowest BCUT2D eigenvalue weighted by Crippen LogP contribution is -2.26. The second-order valence-corrected chi connectivity index (χ2v) is 13.6. The van der Waals surface area contributed by atoms with Crippen LogP contribution >= 0.6 is 0 Å². The lowest BCUT2D eigenvalue weighted by molar-refractivity contribution is 0.793. The third kappa shape index (κ3) is 4.55. The van der Waals surface area contributed by atoms with Gasteiger partial charge in [0.25, 0.3) is 0 Å². The zero-order valence-electron chi connectivity index (χ0n) is 28.2. The molecule has 1 nitrogen and oxygen atoms in total. The first-order chi connectivity index (χ1) is 25.3. The topological polar surface area (TPSA) is 3.24 Å². The molecule has 0 heterocycles. The Kier molecular flexibility index (Phi) is 6.85. The van der Waals surface area contributed by atoms with Gasteiger partial charge >= 0.3 is 0 Å². The van der Waals surface area contributed by atoms with Crippen molar-refractivity contribution in [1.29, 1.82) is 0 Å². The number of hydrogen-bond acceptors (Lipinski definition) is 1. The SMILES string of the molecule is C1=CC(N(c2ccc(-c3ccccc3)cc2)c2ccc3c(c2)C2(c4ccccc4-c4ccccc42)c2ccccc2-3)=CCC=C1c1ccccc1. The molecule has 3 aliphatic rings. The van der Waals surface area contributed by atoms with Gasteiger partial charge in [-0.15, -0.1) is 0 Å². The van der Waals surface area contributed by atoms with Gasteiger partial charge in [-0.1, -0.05) is 170 Å². The minimum atomic E-state index is -0.395. The van der Waals surface area contributed by atoms with E-state index in [1.54, 1.807) is 0 Å². The van der Waals surface area contributed by atoms with Crippen molar-refractivity contribution in [3.8, 4) is 33.4 Å². The number of allylic oxidation sites excluding steroid dienone is 5. The highest BCUT2D eigenvalue weighted by Crippen LogP contribution is 2.63. The lowest BCUT2D eigenvalue weighted by Gasteiger charge is -2.32. The van der Waals surface area contributed by atoms with Crippen LogP contribution in [0.3, 0.4) is 0 Å². The summed E-state index contributed by atoms with van der Waals surface area (Å²) >= 11 is 0. The first-order valence-corrected chi connectivity index (χ1v) is 17.8. The number of benzene rings is 7. The van der Waals surface area contributed by atoms with Gasteiger partial charge in [-0.3, -0.25) is 0 Å². The predicted octanol–water partition coefficient (Wildman–Crippen LogP) is 12.8. The van der Waals surface area contributed by atoms with E-state index in [2.05, 4.69) is 205 Å². The molecule has 0 aromatic heterocycles. The van der Waals surface area contributed by atoms with Crippen LogP contribution in [-0.2, 0) is 5.41 Å². The molecular formula is C50H35N. The Hall–Kier alpha value is -6.44. The maximum atomic E-state index is 2.48. The molecule has 0 fully saturated rings. The molecule has 0 N–H and O–H groups in total. The largest absolute Gasteiger partial charge is 0.311 e. The van der Waals surface area contributed by atoms with Crippen LogP contribution in [0.15, 0.2) is 206 Å². The summed E-state index contributed by atoms with van der Waals surface area (Å²) in [4.78, 5) is 2.44. The summed E-state index contributed by atoms with van der Waals surface area (Å²) in [6.07, 6.45) is 10.1. The standard InChI is InChI=1S/C50H35N/c1-3-14-35(15-4-1)37-18-13-19-39(29-26-37)51(40-30-27-38(28-31-40)36-16-5-2-6-17-36)41-32-33-45-44-22-9-12-25-48(44)50(49(45)34-41)46-23-10-7-20-42(46)43-21-8-11-24-47(43)50/h1-12,14-34H,13H2. The van der Waals surface area contributed by atoms with Crippen molar-refractivity contribution in [3.05, 3.63) is 234 Å². The summed E-state index contributed by atoms with van der Waals surface area (Å²) in [6.45, 7) is 0. The van der Waals surface area contributed by atoms with E-state index in [1.807, 2.05) is 0 Å². The van der Waals surface area contributed by atoms with Crippen LogP contribution in [-0.4, -0.2) is 0 Å². The van der Waals surface area contributed by atoms with Gasteiger partial charge in [-0.25, -0.2) is 0 Å². The van der Waals surface area contributed by atoms with Crippen molar-refractivity contribution in [2.45, 2.75) is 11.8 Å². The summed E-state index contributed by atoms with van der Waals surface area (Å²) < 4.78 is 0. The molecule has 0 saturated carbocycles. The fourth-order valence-corrected chi connectivity index (χ4v) is 8.73. The summed E-state index contributed by atoms with van der Waals surface area (Å²) in [7, 11) is 0. The summed E-state index contributed by atoms with van der Waals surface area (Å²) in [5, 5.41) is 0. The molecule has 51 heavy (non-hydrogen) atoms. The minimum absolute atomic E-state index is 0.395. The Labute approximate surface area is 299 Å². The number of hydrogen-bond donors (Lipinski definition) is 0. The van der Waals surface area contributed by atoms with E-state index in [-0.39, 0.29) is 0 Å². The maximum absolute atomic E-state index is 2.48. The average Bonchev–Trinajstić information content (AvgIpc) is 3.53. The Morgan fingerprint density at radius 3 is 1.47 bits per heavy atom. The van der Waals surface area contributed by atoms with Gasteiger partial charge in [-0.05, 0) is 104 Å². The van der Waals surface area contributed by atoms with E-state index in [4.69, 9.17) is 0 Å². The molecular weight excluding hydrogens is 615 g/mol. The molecule has 10 rings (SSSR count). The quantitative estimate of drug-likeness (QED) is 0.179. The Morgan fingerprint density at radius 2 is 0.863 bits per heavy atom. The summed E-state index contributed by atoms with van der Waals surface area (Å²) in [5.41, 5.74) is 18.6. The predicted molar refractivity (Wildman–Crippen MR) is 213 cm³/mol. The Balaban J connectivity index is 1.17. The van der Waals surface area contributed by atoms with Crippen molar-refractivity contribution in [2.24, 2.45) is 0 Å². The fraction of sp³-hybridized carbons (Fsp3) is 0.0400. The van der Waals surface area contributed by atoms with E-state index in [0.717, 1.165) is 23.5 Å². The van der Waals surface area contributed by atoms with Crippen LogP contribution in [0.4, 0.5) is 11.4 Å². The van der Waals surface area contributed by atoms with Crippen molar-refractivity contribution in [2.75, 3.05) is 4.90 Å². The first-order valence-electron chi connectivity index (χ1n) is 17.8. The van der Waals surface area contributed by atoms with Gasteiger partial charge in [0.1, 0.15) is 0 Å². The van der Waals surface area contributed by atoms with Gasteiger partial charge in [0.05, 0.1) is 5.41 Å². The van der Waals surface area contributed by atoms with Crippen LogP contribution in [0, 0.1) is 0 Å². The Bertz CT molecular complexity index is 2470. The normalized spacial score (nSPS) is 14.5. The zero-order valence-corrected chi connectivity index (χ0v) is 28.2. The van der Waals surface area contributed by atoms with Crippen molar-refractivity contribution >= 4 is 16.9 Å². The molecule has 3 aliphatic carbocycles. The fourth-order valence-electron chi connectivity index (χ4n) is 8.73. The Morgan fingerprint density at radius 1 is 0.373 bits per heavy atom. The van der Waals surface area contributed by atoms with Crippen molar-refractivity contribution < 1.29 is 0 Å². The number of anilines is 2. The van der Waals surface area contributed by atoms with E-state index in [9.17, 15) is 0 Å². The molecule has 1 heteroatoms. The van der Waals surface area contributed by atoms with Gasteiger partial charge < -0.3 is 4.90 Å². The summed E-state index contributed by atoms with van der Waals surface area (Å²) in [5.74, 6) is 0. The van der Waals surface area contributed by atoms with Crippen molar-refractivity contribution in [3.63, 3.8) is 0 Å². The summed E-state index contributed by atoms with van der Waals surface area (Å²) in [6, 6.07) is 64.6. The average molecular weight is 650 g/mol. The molecule has 7 aromatic rings. The number of nitrogens with zero attached hydrogens (tertiary/aromatic N) is 1. The second kappa shape index (κ2) is 11.9. The highest BCUT2D eigenvalue weighted by molar-refractivity contribution is 5.96. The van der Waals surface area contributed by atoms with Gasteiger partial charge in [0.2, 0.25) is 0 Å². The smallest absolute Gasteiger partial charge is 0.0726 e. The van der Waals surface area contributed by atoms with Crippen LogP contribution in [0.5, 0.6) is 0 Å². The van der Waals surface area contributed by atoms with Crippen LogP contribution < -0.4 is 4.90 Å². The third-order valence-electron chi connectivity index (χ3n) is 10.9. The van der Waals surface area contributed by atoms with Crippen LogP contribution in [0.1, 0.15) is 34.2 Å². The van der Waals surface area contributed by atoms with Gasteiger partial charge in [0.15, 0.2) is 0 Å². The highest BCUT2D eigenvalue weighted by atomic mass is 15.1. The number of rotatable bonds is 5. The first kappa shape index (κ1) is 29.5. The molecule has 0 amide bonds. The van der Waals surface area contributed by atoms with Gasteiger partial charge in [0, 0.05) is 17.1 Å². The van der Waals surface area contributed by atoms with Crippen LogP contribution in [0.2, 0.25) is 0 Å². The zero-order chi connectivity index (χ0) is 33.8. The highest BCUT2D eigenvalue weighted by Gasteiger charge is 2.51. The van der Waals surface area contributed by atoms with Crippen molar-refractivity contribution in [1.82, 2.24) is 0 Å². The molecule has 0 unspecified atom stereocenters. The molecule has 7 aromatic carbocycles. The molecule has 1 spiro atoms. The minimum Gasteiger partial charge on any atom is -0.311 e. The molecule has 0 bridgehead atoms. The maximum Gasteiger partial charge on any atom is 0.0726 e. The second-order valence-electron chi connectivity index (χ2n) is 13.6. The van der Waals surface area contributed by atoms with E-state index < -0.39 is 5.41 Å². The van der Waals surface area contributed by atoms with E-state index in [1.165, 1.54) is 66.8 Å².